The molecule has 0 fully saturated rings. The van der Waals surface area contributed by atoms with Crippen LogP contribution in [0.15, 0.2) is 78.9 Å². The van der Waals surface area contributed by atoms with Crippen LogP contribution in [0, 0.1) is 0 Å². The van der Waals surface area contributed by atoms with Gasteiger partial charge in [0.1, 0.15) is 30.3 Å². The molecule has 0 aliphatic rings. The van der Waals surface area contributed by atoms with Gasteiger partial charge in [-0.05, 0) is 48.5 Å². The summed E-state index contributed by atoms with van der Waals surface area (Å²) in [6, 6.07) is 22.3. The van der Waals surface area contributed by atoms with Crippen molar-refractivity contribution in [2.75, 3.05) is 32.2 Å². The minimum atomic E-state index is -0.681. The number of hydrogen-bond acceptors (Lipinski definition) is 6. The second-order valence-electron chi connectivity index (χ2n) is 6.79. The van der Waals surface area contributed by atoms with E-state index in [1.54, 1.807) is 48.5 Å². The molecular formula is C25H24N2O6. The van der Waals surface area contributed by atoms with E-state index in [-0.39, 0.29) is 18.1 Å². The maximum atomic E-state index is 12.5. The van der Waals surface area contributed by atoms with Gasteiger partial charge < -0.3 is 24.8 Å². The van der Waals surface area contributed by atoms with Crippen LogP contribution < -0.4 is 20.1 Å². The van der Waals surface area contributed by atoms with Gasteiger partial charge in [0.15, 0.2) is 6.61 Å². The molecule has 3 aromatic carbocycles. The van der Waals surface area contributed by atoms with Crippen LogP contribution in [0.3, 0.4) is 0 Å². The van der Waals surface area contributed by atoms with Gasteiger partial charge >= 0.3 is 5.97 Å². The molecule has 0 saturated heterocycles. The Hall–Kier alpha value is -4.33. The molecule has 0 spiro atoms. The summed E-state index contributed by atoms with van der Waals surface area (Å²) in [7, 11) is 1.54. The van der Waals surface area contributed by atoms with Crippen molar-refractivity contribution in [1.29, 1.82) is 0 Å². The molecule has 0 saturated carbocycles. The lowest BCUT2D eigenvalue weighted by molar-refractivity contribution is -0.119. The smallest absolute Gasteiger partial charge is 0.342 e. The van der Waals surface area contributed by atoms with Crippen molar-refractivity contribution in [2.45, 2.75) is 0 Å². The molecule has 0 heterocycles. The zero-order chi connectivity index (χ0) is 23.5. The fraction of sp³-hybridized carbons (Fsp3) is 0.160. The number of nitrogens with one attached hydrogen (secondary N) is 2. The van der Waals surface area contributed by atoms with Crippen molar-refractivity contribution < 1.29 is 28.6 Å². The summed E-state index contributed by atoms with van der Waals surface area (Å²) in [5.41, 5.74) is 1.15. The van der Waals surface area contributed by atoms with Crippen LogP contribution in [-0.2, 0) is 9.53 Å². The summed E-state index contributed by atoms with van der Waals surface area (Å²) in [5.74, 6) is -0.354. The molecule has 0 unspecified atom stereocenters. The maximum absolute atomic E-state index is 12.5. The monoisotopic (exact) mass is 448 g/mol. The number of ether oxygens (including phenoxy) is 3. The van der Waals surface area contributed by atoms with Crippen molar-refractivity contribution >= 4 is 23.5 Å². The first-order chi connectivity index (χ1) is 16.1. The molecule has 0 atom stereocenters. The third-order valence-corrected chi connectivity index (χ3v) is 4.45. The number of amides is 2. The first-order valence-corrected chi connectivity index (χ1v) is 10.3. The Morgan fingerprint density at radius 1 is 0.788 bits per heavy atom. The lowest BCUT2D eigenvalue weighted by Gasteiger charge is -2.12. The molecule has 8 heteroatoms. The fourth-order valence-corrected chi connectivity index (χ4v) is 2.84. The van der Waals surface area contributed by atoms with Crippen molar-refractivity contribution in [3.05, 3.63) is 90.0 Å². The predicted molar refractivity (Wildman–Crippen MR) is 123 cm³/mol. The van der Waals surface area contributed by atoms with Gasteiger partial charge in [-0.1, -0.05) is 30.3 Å². The molecule has 2 amide bonds. The Bertz CT molecular complexity index is 1080. The molecule has 0 aliphatic heterocycles. The number of benzene rings is 3. The molecule has 0 bridgehead atoms. The van der Waals surface area contributed by atoms with E-state index in [0.29, 0.717) is 23.6 Å². The van der Waals surface area contributed by atoms with Gasteiger partial charge in [-0.25, -0.2) is 4.79 Å². The summed E-state index contributed by atoms with van der Waals surface area (Å²) in [4.78, 5) is 36.2. The average molecular weight is 448 g/mol. The summed E-state index contributed by atoms with van der Waals surface area (Å²) in [6.07, 6.45) is 0. The first-order valence-electron chi connectivity index (χ1n) is 10.3. The summed E-state index contributed by atoms with van der Waals surface area (Å²) in [6.45, 7) is 0.0573. The van der Waals surface area contributed by atoms with E-state index in [4.69, 9.17) is 14.2 Å². The van der Waals surface area contributed by atoms with Gasteiger partial charge in [-0.15, -0.1) is 0 Å². The minimum absolute atomic E-state index is 0.208. The Morgan fingerprint density at radius 2 is 1.45 bits per heavy atom. The van der Waals surface area contributed by atoms with E-state index in [1.165, 1.54) is 7.05 Å². The molecular weight excluding hydrogens is 424 g/mol. The van der Waals surface area contributed by atoms with Crippen molar-refractivity contribution in [1.82, 2.24) is 5.32 Å². The lowest BCUT2D eigenvalue weighted by Crippen LogP contribution is -2.21. The zero-order valence-electron chi connectivity index (χ0n) is 18.1. The van der Waals surface area contributed by atoms with E-state index in [9.17, 15) is 14.4 Å². The molecule has 8 nitrogen and oxygen atoms in total. The van der Waals surface area contributed by atoms with Crippen molar-refractivity contribution in [2.24, 2.45) is 0 Å². The zero-order valence-corrected chi connectivity index (χ0v) is 18.1. The Labute approximate surface area is 191 Å². The molecule has 2 N–H and O–H groups in total. The van der Waals surface area contributed by atoms with Gasteiger partial charge in [0.25, 0.3) is 11.8 Å². The normalized spacial score (nSPS) is 10.1. The van der Waals surface area contributed by atoms with E-state index >= 15 is 0 Å². The highest BCUT2D eigenvalue weighted by Crippen LogP contribution is 2.19. The lowest BCUT2D eigenvalue weighted by atomic mass is 10.2. The Morgan fingerprint density at radius 3 is 2.18 bits per heavy atom. The number of anilines is 1. The Kier molecular flexibility index (Phi) is 8.41. The van der Waals surface area contributed by atoms with Gasteiger partial charge in [0.2, 0.25) is 0 Å². The second kappa shape index (κ2) is 11.9. The largest absolute Gasteiger partial charge is 0.490 e. The Balaban J connectivity index is 1.47. The average Bonchev–Trinajstić information content (AvgIpc) is 2.86. The molecule has 0 aromatic heterocycles. The van der Waals surface area contributed by atoms with Crippen molar-refractivity contribution in [3.63, 3.8) is 0 Å². The van der Waals surface area contributed by atoms with Crippen LogP contribution in [0.4, 0.5) is 5.69 Å². The molecule has 3 rings (SSSR count). The second-order valence-corrected chi connectivity index (χ2v) is 6.79. The van der Waals surface area contributed by atoms with Gasteiger partial charge in [0, 0.05) is 18.3 Å². The predicted octanol–water partition coefficient (Wildman–Crippen LogP) is 3.30. The van der Waals surface area contributed by atoms with Crippen LogP contribution in [0.1, 0.15) is 20.7 Å². The highest BCUT2D eigenvalue weighted by molar-refractivity contribution is 5.97. The number of hydrogen-bond donors (Lipinski definition) is 2. The minimum Gasteiger partial charge on any atom is -0.490 e. The van der Waals surface area contributed by atoms with Gasteiger partial charge in [0.05, 0.1) is 0 Å². The van der Waals surface area contributed by atoms with Gasteiger partial charge in [-0.3, -0.25) is 9.59 Å². The SMILES string of the molecule is CNC(=O)c1ccc(NC(=O)COC(=O)c2ccccc2OCCOc2ccccc2)cc1. The van der Waals surface area contributed by atoms with Crippen LogP contribution >= 0.6 is 0 Å². The fourth-order valence-electron chi connectivity index (χ4n) is 2.84. The van der Waals surface area contributed by atoms with Crippen molar-refractivity contribution in [3.8, 4) is 11.5 Å². The molecule has 0 aliphatic carbocycles. The quantitative estimate of drug-likeness (QED) is 0.364. The third-order valence-electron chi connectivity index (χ3n) is 4.45. The highest BCUT2D eigenvalue weighted by Gasteiger charge is 2.15. The van der Waals surface area contributed by atoms with E-state index in [1.807, 2.05) is 30.3 Å². The number of carbonyl (C=O) groups is 3. The van der Waals surface area contributed by atoms with Gasteiger partial charge in [-0.2, -0.15) is 0 Å². The van der Waals surface area contributed by atoms with Crippen LogP contribution in [0.25, 0.3) is 0 Å². The maximum Gasteiger partial charge on any atom is 0.342 e. The van der Waals surface area contributed by atoms with Crippen LogP contribution in [0.5, 0.6) is 11.5 Å². The molecule has 3 aromatic rings. The highest BCUT2D eigenvalue weighted by atomic mass is 16.5. The third kappa shape index (κ3) is 7.10. The number of para-hydroxylation sites is 2. The number of carbonyl (C=O) groups excluding carboxylic acids is 3. The van der Waals surface area contributed by atoms with E-state index < -0.39 is 18.5 Å². The number of rotatable bonds is 10. The van der Waals surface area contributed by atoms with Crippen LogP contribution in [0.2, 0.25) is 0 Å². The summed E-state index contributed by atoms with van der Waals surface area (Å²) < 4.78 is 16.4. The molecule has 33 heavy (non-hydrogen) atoms. The molecule has 170 valence electrons. The topological polar surface area (TPSA) is 103 Å². The summed E-state index contributed by atoms with van der Waals surface area (Å²) >= 11 is 0. The summed E-state index contributed by atoms with van der Waals surface area (Å²) in [5, 5.41) is 5.13. The molecule has 0 radical (unpaired) electrons. The first kappa shape index (κ1) is 23.3. The van der Waals surface area contributed by atoms with E-state index in [2.05, 4.69) is 10.6 Å². The van der Waals surface area contributed by atoms with E-state index in [0.717, 1.165) is 5.75 Å². The standard InChI is InChI=1S/C25H24N2O6/c1-26-24(29)18-11-13-19(14-12-18)27-23(28)17-33-25(30)21-9-5-6-10-22(21)32-16-15-31-20-7-3-2-4-8-20/h2-14H,15-17H2,1H3,(H,26,29)(H,27,28). The van der Waals surface area contributed by atoms with Crippen LogP contribution in [-0.4, -0.2) is 44.7 Å². The number of esters is 1.